The summed E-state index contributed by atoms with van der Waals surface area (Å²) in [6.45, 7) is 14.5. The van der Waals surface area contributed by atoms with Crippen LogP contribution in [0.15, 0.2) is 0 Å². The lowest BCUT2D eigenvalue weighted by Gasteiger charge is -2.50. The predicted molar refractivity (Wildman–Crippen MR) is 71.9 cm³/mol. The van der Waals surface area contributed by atoms with Crippen LogP contribution in [0.25, 0.3) is 0 Å². The molecule has 3 nitrogen and oxygen atoms in total. The van der Waals surface area contributed by atoms with E-state index >= 15 is 0 Å². The summed E-state index contributed by atoms with van der Waals surface area (Å²) in [5.41, 5.74) is -0.0492. The van der Waals surface area contributed by atoms with E-state index in [1.807, 2.05) is 0 Å². The van der Waals surface area contributed by atoms with E-state index in [9.17, 15) is 4.79 Å². The molecule has 1 N–H and O–H groups in total. The molecule has 100 valence electrons. The highest BCUT2D eigenvalue weighted by Crippen LogP contribution is 2.26. The van der Waals surface area contributed by atoms with Gasteiger partial charge in [-0.2, -0.15) is 0 Å². The lowest BCUT2D eigenvalue weighted by Crippen LogP contribution is -2.68. The van der Waals surface area contributed by atoms with Crippen molar-refractivity contribution in [2.75, 3.05) is 13.1 Å². The van der Waals surface area contributed by atoms with E-state index in [-0.39, 0.29) is 17.0 Å². The summed E-state index contributed by atoms with van der Waals surface area (Å²) in [5.74, 6) is 0.512. The van der Waals surface area contributed by atoms with Gasteiger partial charge in [-0.15, -0.1) is 0 Å². The van der Waals surface area contributed by atoms with Gasteiger partial charge in [0, 0.05) is 30.1 Å². The Kier molecular flexibility index (Phi) is 4.23. The SMILES string of the molecule is CCC(CC)C(=O)N1CC(C)(C)NCC1(C)C. The van der Waals surface area contributed by atoms with E-state index in [0.717, 1.165) is 25.9 Å². The molecule has 1 aliphatic heterocycles. The molecule has 0 aromatic rings. The number of nitrogens with one attached hydrogen (secondary N) is 1. The Labute approximate surface area is 106 Å². The molecule has 1 rings (SSSR count). The summed E-state index contributed by atoms with van der Waals surface area (Å²) >= 11 is 0. The summed E-state index contributed by atoms with van der Waals surface area (Å²) in [7, 11) is 0. The van der Waals surface area contributed by atoms with Crippen molar-refractivity contribution in [3.05, 3.63) is 0 Å². The van der Waals surface area contributed by atoms with Crippen LogP contribution >= 0.6 is 0 Å². The molecule has 0 atom stereocenters. The van der Waals surface area contributed by atoms with E-state index < -0.39 is 0 Å². The molecule has 1 aliphatic rings. The molecule has 0 aromatic carbocycles. The number of amides is 1. The second-order valence-corrected chi connectivity index (χ2v) is 6.49. The molecule has 0 unspecified atom stereocenters. The third-order valence-corrected chi connectivity index (χ3v) is 3.88. The number of carbonyl (C=O) groups excluding carboxylic acids is 1. The fourth-order valence-corrected chi connectivity index (χ4v) is 2.45. The topological polar surface area (TPSA) is 32.3 Å². The molecule has 3 heteroatoms. The molecule has 17 heavy (non-hydrogen) atoms. The van der Waals surface area contributed by atoms with Crippen molar-refractivity contribution in [1.82, 2.24) is 10.2 Å². The van der Waals surface area contributed by atoms with Crippen LogP contribution in [0.3, 0.4) is 0 Å². The fraction of sp³-hybridized carbons (Fsp3) is 0.929. The number of carbonyl (C=O) groups is 1. The first-order valence-electron chi connectivity index (χ1n) is 6.80. The van der Waals surface area contributed by atoms with E-state index in [0.29, 0.717) is 5.91 Å². The molecule has 1 heterocycles. The summed E-state index contributed by atoms with van der Waals surface area (Å²) in [6, 6.07) is 0. The fourth-order valence-electron chi connectivity index (χ4n) is 2.45. The van der Waals surface area contributed by atoms with Crippen molar-refractivity contribution >= 4 is 5.91 Å². The van der Waals surface area contributed by atoms with Crippen LogP contribution in [-0.2, 0) is 4.79 Å². The highest BCUT2D eigenvalue weighted by atomic mass is 16.2. The van der Waals surface area contributed by atoms with Crippen molar-refractivity contribution in [2.24, 2.45) is 5.92 Å². The quantitative estimate of drug-likeness (QED) is 0.821. The second kappa shape index (κ2) is 4.97. The van der Waals surface area contributed by atoms with Crippen molar-refractivity contribution in [1.29, 1.82) is 0 Å². The van der Waals surface area contributed by atoms with Gasteiger partial charge in [0.05, 0.1) is 0 Å². The zero-order chi connectivity index (χ0) is 13.3. The average Bonchev–Trinajstić information content (AvgIpc) is 2.24. The number of nitrogens with zero attached hydrogens (tertiary/aromatic N) is 1. The van der Waals surface area contributed by atoms with Gasteiger partial charge >= 0.3 is 0 Å². The number of rotatable bonds is 3. The minimum atomic E-state index is -0.0742. The zero-order valence-electron chi connectivity index (χ0n) is 12.3. The van der Waals surface area contributed by atoms with Gasteiger partial charge in [0.25, 0.3) is 0 Å². The standard InChI is InChI=1S/C14H28N2O/c1-7-11(8-2)12(17)16-10-13(3,4)15-9-14(16,5)6/h11,15H,7-10H2,1-6H3. The molecule has 0 aliphatic carbocycles. The van der Waals surface area contributed by atoms with E-state index in [4.69, 9.17) is 0 Å². The Bertz CT molecular complexity index is 280. The van der Waals surface area contributed by atoms with Gasteiger partial charge in [-0.05, 0) is 40.5 Å². The highest BCUT2D eigenvalue weighted by Gasteiger charge is 2.41. The Balaban J connectivity index is 2.88. The largest absolute Gasteiger partial charge is 0.334 e. The molecule has 1 fully saturated rings. The molecule has 0 saturated carbocycles. The first-order chi connectivity index (χ1) is 7.73. The van der Waals surface area contributed by atoms with Crippen LogP contribution in [0.2, 0.25) is 0 Å². The molecule has 1 amide bonds. The number of hydrogen-bond acceptors (Lipinski definition) is 2. The average molecular weight is 240 g/mol. The van der Waals surface area contributed by atoms with Crippen LogP contribution in [-0.4, -0.2) is 35.0 Å². The Morgan fingerprint density at radius 1 is 1.24 bits per heavy atom. The first-order valence-corrected chi connectivity index (χ1v) is 6.80. The van der Waals surface area contributed by atoms with Gasteiger partial charge < -0.3 is 10.2 Å². The first kappa shape index (κ1) is 14.5. The minimum absolute atomic E-state index is 0.0250. The summed E-state index contributed by atoms with van der Waals surface area (Å²) in [6.07, 6.45) is 1.88. The van der Waals surface area contributed by atoms with Crippen LogP contribution in [0, 0.1) is 5.92 Å². The maximum absolute atomic E-state index is 12.6. The van der Waals surface area contributed by atoms with Gasteiger partial charge in [-0.1, -0.05) is 13.8 Å². The Hall–Kier alpha value is -0.570. The van der Waals surface area contributed by atoms with Crippen LogP contribution in [0.1, 0.15) is 54.4 Å². The summed E-state index contributed by atoms with van der Waals surface area (Å²) < 4.78 is 0. The maximum Gasteiger partial charge on any atom is 0.226 e. The van der Waals surface area contributed by atoms with Crippen LogP contribution < -0.4 is 5.32 Å². The van der Waals surface area contributed by atoms with Gasteiger partial charge in [-0.3, -0.25) is 4.79 Å². The summed E-state index contributed by atoms with van der Waals surface area (Å²) in [4.78, 5) is 14.6. The van der Waals surface area contributed by atoms with Gasteiger partial charge in [0.2, 0.25) is 5.91 Å². The van der Waals surface area contributed by atoms with Crippen molar-refractivity contribution in [3.63, 3.8) is 0 Å². The Morgan fingerprint density at radius 2 is 1.76 bits per heavy atom. The predicted octanol–water partition coefficient (Wildman–Crippen LogP) is 2.41. The normalized spacial score (nSPS) is 22.9. The molecule has 0 spiro atoms. The van der Waals surface area contributed by atoms with E-state index in [1.165, 1.54) is 0 Å². The molecule has 0 aromatic heterocycles. The molecule has 0 radical (unpaired) electrons. The molecule has 1 saturated heterocycles. The maximum atomic E-state index is 12.6. The number of piperazine rings is 1. The zero-order valence-corrected chi connectivity index (χ0v) is 12.3. The van der Waals surface area contributed by atoms with E-state index in [2.05, 4.69) is 51.8 Å². The third-order valence-electron chi connectivity index (χ3n) is 3.88. The lowest BCUT2D eigenvalue weighted by atomic mass is 9.89. The highest BCUT2D eigenvalue weighted by molar-refractivity contribution is 5.79. The Morgan fingerprint density at radius 3 is 2.24 bits per heavy atom. The molecular weight excluding hydrogens is 212 g/mol. The molecular formula is C14H28N2O. The van der Waals surface area contributed by atoms with Crippen molar-refractivity contribution < 1.29 is 4.79 Å². The van der Waals surface area contributed by atoms with E-state index in [1.54, 1.807) is 0 Å². The van der Waals surface area contributed by atoms with Gasteiger partial charge in [-0.25, -0.2) is 0 Å². The van der Waals surface area contributed by atoms with Gasteiger partial charge in [0.15, 0.2) is 0 Å². The number of hydrogen-bond donors (Lipinski definition) is 1. The minimum Gasteiger partial charge on any atom is -0.334 e. The van der Waals surface area contributed by atoms with Gasteiger partial charge in [0.1, 0.15) is 0 Å². The van der Waals surface area contributed by atoms with Crippen LogP contribution in [0.4, 0.5) is 0 Å². The third kappa shape index (κ3) is 3.21. The smallest absolute Gasteiger partial charge is 0.226 e. The monoisotopic (exact) mass is 240 g/mol. The summed E-state index contributed by atoms with van der Waals surface area (Å²) in [5, 5.41) is 3.51. The lowest BCUT2D eigenvalue weighted by molar-refractivity contribution is -0.145. The second-order valence-electron chi connectivity index (χ2n) is 6.49. The van der Waals surface area contributed by atoms with Crippen molar-refractivity contribution in [2.45, 2.75) is 65.5 Å². The van der Waals surface area contributed by atoms with Crippen LogP contribution in [0.5, 0.6) is 0 Å². The van der Waals surface area contributed by atoms with Crippen molar-refractivity contribution in [3.8, 4) is 0 Å². The molecule has 0 bridgehead atoms.